The minimum atomic E-state index is -0.375. The number of hydrogen-bond acceptors (Lipinski definition) is 6. The minimum Gasteiger partial charge on any atom is -0.362 e. The van der Waals surface area contributed by atoms with Gasteiger partial charge < -0.3 is 9.80 Å². The number of carbonyl (C=O) groups excluding carboxylic acids is 1. The molecule has 3 aromatic rings. The topological polar surface area (TPSA) is 79.6 Å². The lowest BCUT2D eigenvalue weighted by atomic mass is 10.2. The number of anilines is 1. The quantitative estimate of drug-likeness (QED) is 0.456. The Morgan fingerprint density at radius 2 is 1.76 bits per heavy atom. The molecule has 1 saturated heterocycles. The lowest BCUT2D eigenvalue weighted by molar-refractivity contribution is -0.384. The highest BCUT2D eigenvalue weighted by molar-refractivity contribution is 7.13. The summed E-state index contributed by atoms with van der Waals surface area (Å²) in [6.45, 7) is 2.03. The zero-order chi connectivity index (χ0) is 20.4. The van der Waals surface area contributed by atoms with Crippen LogP contribution in [0.15, 0.2) is 53.9 Å². The molecule has 0 unspecified atom stereocenters. The van der Waals surface area contributed by atoms with Gasteiger partial charge in [0.05, 0.1) is 4.92 Å². The van der Waals surface area contributed by atoms with E-state index in [0.717, 1.165) is 10.6 Å². The zero-order valence-electron chi connectivity index (χ0n) is 15.3. The monoisotopic (exact) mass is 428 g/mol. The number of halogens is 1. The molecule has 148 valence electrons. The van der Waals surface area contributed by atoms with E-state index in [1.165, 1.54) is 17.4 Å². The van der Waals surface area contributed by atoms with Crippen molar-refractivity contribution in [3.8, 4) is 10.6 Å². The van der Waals surface area contributed by atoms with Crippen molar-refractivity contribution in [2.75, 3.05) is 31.1 Å². The molecule has 0 aliphatic carbocycles. The normalized spacial score (nSPS) is 14.1. The number of aromatic nitrogens is 1. The summed E-state index contributed by atoms with van der Waals surface area (Å²) in [6.07, 6.45) is 0. The van der Waals surface area contributed by atoms with Gasteiger partial charge >= 0.3 is 0 Å². The van der Waals surface area contributed by atoms with Crippen molar-refractivity contribution < 1.29 is 9.72 Å². The van der Waals surface area contributed by atoms with E-state index in [9.17, 15) is 14.9 Å². The fraction of sp³-hybridized carbons (Fsp3) is 0.200. The van der Waals surface area contributed by atoms with Crippen molar-refractivity contribution in [1.82, 2.24) is 9.88 Å². The molecule has 0 atom stereocenters. The second kappa shape index (κ2) is 8.18. The number of nitrogens with zero attached hydrogens (tertiary/aromatic N) is 4. The van der Waals surface area contributed by atoms with Crippen molar-refractivity contribution in [3.05, 3.63) is 74.7 Å². The molecule has 1 aliphatic heterocycles. The Kier molecular flexibility index (Phi) is 5.46. The Morgan fingerprint density at radius 1 is 1.07 bits per heavy atom. The van der Waals surface area contributed by atoms with Crippen LogP contribution in [0.1, 0.15) is 10.5 Å². The molecule has 0 radical (unpaired) electrons. The fourth-order valence-corrected chi connectivity index (χ4v) is 4.22. The lowest BCUT2D eigenvalue weighted by Crippen LogP contribution is -2.49. The van der Waals surface area contributed by atoms with Gasteiger partial charge in [0.25, 0.3) is 11.6 Å². The first kappa shape index (κ1) is 19.4. The van der Waals surface area contributed by atoms with Crippen molar-refractivity contribution in [2.45, 2.75) is 0 Å². The van der Waals surface area contributed by atoms with Crippen LogP contribution in [0.25, 0.3) is 10.6 Å². The second-order valence-corrected chi connectivity index (χ2v) is 7.86. The van der Waals surface area contributed by atoms with Crippen LogP contribution in [0.3, 0.4) is 0 Å². The predicted octanol–water partition coefficient (Wildman–Crippen LogP) is 4.33. The van der Waals surface area contributed by atoms with Crippen molar-refractivity contribution >= 4 is 40.2 Å². The molecule has 0 saturated carbocycles. The average molecular weight is 429 g/mol. The van der Waals surface area contributed by atoms with Gasteiger partial charge in [0.15, 0.2) is 0 Å². The van der Waals surface area contributed by atoms with Gasteiger partial charge in [0, 0.05) is 48.2 Å². The molecular weight excluding hydrogens is 412 g/mol. The van der Waals surface area contributed by atoms with E-state index in [1.807, 2.05) is 17.0 Å². The second-order valence-electron chi connectivity index (χ2n) is 6.57. The zero-order valence-corrected chi connectivity index (χ0v) is 16.9. The number of para-hydroxylation sites is 2. The summed E-state index contributed by atoms with van der Waals surface area (Å²) in [7, 11) is 0. The maximum absolute atomic E-state index is 12.8. The summed E-state index contributed by atoms with van der Waals surface area (Å²) in [5.41, 5.74) is 2.00. The molecule has 0 spiro atoms. The van der Waals surface area contributed by atoms with Gasteiger partial charge in [-0.2, -0.15) is 0 Å². The Labute approximate surface area is 176 Å². The fourth-order valence-electron chi connectivity index (χ4n) is 3.30. The van der Waals surface area contributed by atoms with E-state index in [-0.39, 0.29) is 16.5 Å². The number of carbonyl (C=O) groups is 1. The molecule has 9 heteroatoms. The largest absolute Gasteiger partial charge is 0.362 e. The molecule has 29 heavy (non-hydrogen) atoms. The summed E-state index contributed by atoms with van der Waals surface area (Å²) < 4.78 is 0. The molecule has 7 nitrogen and oxygen atoms in total. The van der Waals surface area contributed by atoms with E-state index in [1.54, 1.807) is 40.6 Å². The van der Waals surface area contributed by atoms with Crippen LogP contribution in [-0.2, 0) is 0 Å². The average Bonchev–Trinajstić information content (AvgIpc) is 3.24. The first-order chi connectivity index (χ1) is 14.0. The van der Waals surface area contributed by atoms with Gasteiger partial charge in [0.1, 0.15) is 16.4 Å². The van der Waals surface area contributed by atoms with E-state index < -0.39 is 0 Å². The Morgan fingerprint density at radius 3 is 2.45 bits per heavy atom. The van der Waals surface area contributed by atoms with Crippen molar-refractivity contribution in [2.24, 2.45) is 0 Å². The van der Waals surface area contributed by atoms with Crippen LogP contribution in [0.4, 0.5) is 11.4 Å². The number of amides is 1. The smallest absolute Gasteiger partial charge is 0.292 e. The molecule has 1 amide bonds. The number of nitro groups is 1. The number of rotatable bonds is 4. The molecule has 1 fully saturated rings. The molecule has 2 heterocycles. The standard InChI is InChI=1S/C20H17ClN4O3S/c21-15-7-5-14(6-8-15)19-22-16(13-29-19)20(26)24-11-9-23(10-12-24)17-3-1-2-4-18(17)25(27)28/h1-8,13H,9-12H2. The number of hydrogen-bond donors (Lipinski definition) is 0. The van der Waals surface area contributed by atoms with Crippen molar-refractivity contribution in [3.63, 3.8) is 0 Å². The summed E-state index contributed by atoms with van der Waals surface area (Å²) in [6, 6.07) is 14.0. The highest BCUT2D eigenvalue weighted by atomic mass is 35.5. The van der Waals surface area contributed by atoms with E-state index in [0.29, 0.717) is 42.6 Å². The van der Waals surface area contributed by atoms with Crippen LogP contribution in [0.5, 0.6) is 0 Å². The first-order valence-electron chi connectivity index (χ1n) is 9.02. The SMILES string of the molecule is O=C(c1csc(-c2ccc(Cl)cc2)n1)N1CCN(c2ccccc2[N+](=O)[O-])CC1. The molecular formula is C20H17ClN4O3S. The highest BCUT2D eigenvalue weighted by Gasteiger charge is 2.27. The third kappa shape index (κ3) is 4.08. The van der Waals surface area contributed by atoms with Gasteiger partial charge in [-0.05, 0) is 18.2 Å². The molecule has 0 bridgehead atoms. The van der Waals surface area contributed by atoms with Crippen LogP contribution in [-0.4, -0.2) is 46.9 Å². The van der Waals surface area contributed by atoms with Gasteiger partial charge in [-0.15, -0.1) is 11.3 Å². The third-order valence-electron chi connectivity index (χ3n) is 4.80. The van der Waals surface area contributed by atoms with E-state index >= 15 is 0 Å². The summed E-state index contributed by atoms with van der Waals surface area (Å²) >= 11 is 7.34. The van der Waals surface area contributed by atoms with Crippen LogP contribution in [0.2, 0.25) is 5.02 Å². The first-order valence-corrected chi connectivity index (χ1v) is 10.3. The molecule has 1 aliphatic rings. The minimum absolute atomic E-state index is 0.0828. The summed E-state index contributed by atoms with van der Waals surface area (Å²) in [5.74, 6) is -0.122. The molecule has 4 rings (SSSR count). The third-order valence-corrected chi connectivity index (χ3v) is 5.94. The van der Waals surface area contributed by atoms with Crippen LogP contribution >= 0.6 is 22.9 Å². The molecule has 1 aromatic heterocycles. The molecule has 2 aromatic carbocycles. The van der Waals surface area contributed by atoms with Gasteiger partial charge in [-0.25, -0.2) is 4.98 Å². The van der Waals surface area contributed by atoms with E-state index in [2.05, 4.69) is 4.98 Å². The summed E-state index contributed by atoms with van der Waals surface area (Å²) in [5, 5.41) is 14.4. The number of thiazole rings is 1. The van der Waals surface area contributed by atoms with Crippen LogP contribution in [0, 0.1) is 10.1 Å². The van der Waals surface area contributed by atoms with Gasteiger partial charge in [-0.3, -0.25) is 14.9 Å². The lowest BCUT2D eigenvalue weighted by Gasteiger charge is -2.35. The predicted molar refractivity (Wildman–Crippen MR) is 114 cm³/mol. The van der Waals surface area contributed by atoms with E-state index in [4.69, 9.17) is 11.6 Å². The van der Waals surface area contributed by atoms with Crippen LogP contribution < -0.4 is 4.90 Å². The Hall–Kier alpha value is -2.97. The number of piperazine rings is 1. The maximum atomic E-state index is 12.8. The number of nitro benzene ring substituents is 1. The van der Waals surface area contributed by atoms with Crippen molar-refractivity contribution in [1.29, 1.82) is 0 Å². The Balaban J connectivity index is 1.43. The Bertz CT molecular complexity index is 1050. The summed E-state index contributed by atoms with van der Waals surface area (Å²) in [4.78, 5) is 31.9. The maximum Gasteiger partial charge on any atom is 0.292 e. The molecule has 0 N–H and O–H groups in total. The van der Waals surface area contributed by atoms with Gasteiger partial charge in [0.2, 0.25) is 0 Å². The highest BCUT2D eigenvalue weighted by Crippen LogP contribution is 2.29. The van der Waals surface area contributed by atoms with Gasteiger partial charge in [-0.1, -0.05) is 35.9 Å². The number of benzene rings is 2.